The molecule has 1 unspecified atom stereocenters. The minimum absolute atomic E-state index is 0.0564. The second-order valence-corrected chi connectivity index (χ2v) is 8.22. The van der Waals surface area contributed by atoms with Crippen molar-refractivity contribution in [2.75, 3.05) is 7.11 Å². The number of methoxy groups -OCH3 is 1. The van der Waals surface area contributed by atoms with E-state index in [4.69, 9.17) is 44.1 Å². The van der Waals surface area contributed by atoms with Gasteiger partial charge >= 0.3 is 10.4 Å². The van der Waals surface area contributed by atoms with E-state index in [1.165, 1.54) is 12.1 Å². The SMILES string of the molecule is COc1ccc(C(c2ccc(OS(=O)(=O)O)cc2)C(Cl)(Cl)Cl)cc1. The third-order valence-electron chi connectivity index (χ3n) is 3.19. The molecule has 0 amide bonds. The van der Waals surface area contributed by atoms with Crippen molar-refractivity contribution in [2.24, 2.45) is 0 Å². The highest BCUT2D eigenvalue weighted by Crippen LogP contribution is 2.46. The summed E-state index contributed by atoms with van der Waals surface area (Å²) in [5.74, 6) is 0.00551. The summed E-state index contributed by atoms with van der Waals surface area (Å²) in [5.41, 5.74) is 1.36. The topological polar surface area (TPSA) is 72.8 Å². The van der Waals surface area contributed by atoms with E-state index in [0.29, 0.717) is 11.3 Å². The van der Waals surface area contributed by atoms with Crippen molar-refractivity contribution in [1.82, 2.24) is 0 Å². The molecule has 0 bridgehead atoms. The van der Waals surface area contributed by atoms with Gasteiger partial charge in [0.25, 0.3) is 0 Å². The summed E-state index contributed by atoms with van der Waals surface area (Å²) in [4.78, 5) is 0. The van der Waals surface area contributed by atoms with Gasteiger partial charge in [-0.25, -0.2) is 0 Å². The molecule has 2 rings (SSSR count). The van der Waals surface area contributed by atoms with Crippen LogP contribution in [0.2, 0.25) is 0 Å². The molecule has 130 valence electrons. The van der Waals surface area contributed by atoms with Crippen LogP contribution in [-0.2, 0) is 10.4 Å². The van der Waals surface area contributed by atoms with Crippen LogP contribution in [0.25, 0.3) is 0 Å². The van der Waals surface area contributed by atoms with Gasteiger partial charge < -0.3 is 8.92 Å². The Morgan fingerprint density at radius 2 is 1.33 bits per heavy atom. The van der Waals surface area contributed by atoms with Gasteiger partial charge in [-0.3, -0.25) is 4.55 Å². The first-order valence-electron chi connectivity index (χ1n) is 6.57. The number of hydrogen-bond acceptors (Lipinski definition) is 4. The summed E-state index contributed by atoms with van der Waals surface area (Å²) in [7, 11) is -3.04. The van der Waals surface area contributed by atoms with Crippen LogP contribution in [0.5, 0.6) is 11.5 Å². The molecule has 0 spiro atoms. The molecule has 2 aromatic carbocycles. The Morgan fingerprint density at radius 3 is 1.67 bits per heavy atom. The van der Waals surface area contributed by atoms with Crippen LogP contribution in [0.3, 0.4) is 0 Å². The predicted octanol–water partition coefficient (Wildman–Crippen LogP) is 4.38. The summed E-state index contributed by atoms with van der Waals surface area (Å²) >= 11 is 18.4. The van der Waals surface area contributed by atoms with Crippen molar-refractivity contribution in [3.8, 4) is 11.5 Å². The average molecular weight is 412 g/mol. The second kappa shape index (κ2) is 7.37. The number of benzene rings is 2. The molecule has 0 saturated heterocycles. The normalized spacial score (nSPS) is 13.4. The number of hydrogen-bond donors (Lipinski definition) is 1. The zero-order valence-electron chi connectivity index (χ0n) is 12.3. The third kappa shape index (κ3) is 5.16. The third-order valence-corrected chi connectivity index (χ3v) is 4.25. The van der Waals surface area contributed by atoms with Crippen LogP contribution < -0.4 is 8.92 Å². The average Bonchev–Trinajstić information content (AvgIpc) is 2.47. The van der Waals surface area contributed by atoms with E-state index in [2.05, 4.69) is 4.18 Å². The first kappa shape index (κ1) is 19.1. The van der Waals surface area contributed by atoms with Crippen LogP contribution >= 0.6 is 34.8 Å². The molecule has 0 fully saturated rings. The number of halogens is 3. The van der Waals surface area contributed by atoms with Crippen molar-refractivity contribution < 1.29 is 21.9 Å². The van der Waals surface area contributed by atoms with Crippen LogP contribution in [0.1, 0.15) is 17.0 Å². The maximum atomic E-state index is 10.7. The highest BCUT2D eigenvalue weighted by Gasteiger charge is 2.35. The van der Waals surface area contributed by atoms with Crippen LogP contribution in [0.4, 0.5) is 0 Å². The minimum atomic E-state index is -4.59. The molecule has 0 heterocycles. The van der Waals surface area contributed by atoms with E-state index in [1.807, 2.05) is 0 Å². The largest absolute Gasteiger partial charge is 0.497 e. The second-order valence-electron chi connectivity index (χ2n) is 4.83. The number of rotatable bonds is 5. The van der Waals surface area contributed by atoms with Gasteiger partial charge in [-0.2, -0.15) is 8.42 Å². The summed E-state index contributed by atoms with van der Waals surface area (Å²) in [6.07, 6.45) is 0. The van der Waals surface area contributed by atoms with Crippen LogP contribution in [-0.4, -0.2) is 23.9 Å². The number of alkyl halides is 3. The fraction of sp³-hybridized carbons (Fsp3) is 0.200. The molecule has 2 aromatic rings. The molecule has 0 aliphatic carbocycles. The molecule has 0 aliphatic heterocycles. The van der Waals surface area contributed by atoms with Crippen LogP contribution in [0, 0.1) is 0 Å². The van der Waals surface area contributed by atoms with Gasteiger partial charge in [-0.15, -0.1) is 0 Å². The Labute approximate surface area is 155 Å². The fourth-order valence-electron chi connectivity index (χ4n) is 2.20. The molecule has 0 radical (unpaired) electrons. The van der Waals surface area contributed by atoms with Crippen molar-refractivity contribution in [3.05, 3.63) is 59.7 Å². The van der Waals surface area contributed by atoms with E-state index < -0.39 is 20.1 Å². The zero-order chi connectivity index (χ0) is 18.0. The van der Waals surface area contributed by atoms with E-state index in [1.54, 1.807) is 43.5 Å². The number of ether oxygens (including phenoxy) is 1. The maximum Gasteiger partial charge on any atom is 0.446 e. The Balaban J connectivity index is 2.38. The molecule has 0 aliphatic rings. The molecule has 0 aromatic heterocycles. The fourth-order valence-corrected chi connectivity index (χ4v) is 3.31. The van der Waals surface area contributed by atoms with Crippen molar-refractivity contribution in [2.45, 2.75) is 9.71 Å². The summed E-state index contributed by atoms with van der Waals surface area (Å²) in [5, 5.41) is 0. The lowest BCUT2D eigenvalue weighted by atomic mass is 9.92. The Hall–Kier alpha value is -1.18. The van der Waals surface area contributed by atoms with Gasteiger partial charge in [0.05, 0.1) is 13.0 Å². The molecule has 0 saturated carbocycles. The maximum absolute atomic E-state index is 10.7. The van der Waals surface area contributed by atoms with Gasteiger partial charge in [0.2, 0.25) is 3.79 Å². The smallest absolute Gasteiger partial charge is 0.446 e. The van der Waals surface area contributed by atoms with Crippen molar-refractivity contribution >= 4 is 45.2 Å². The van der Waals surface area contributed by atoms with Gasteiger partial charge in [0, 0.05) is 0 Å². The first-order chi connectivity index (χ1) is 11.1. The predicted molar refractivity (Wildman–Crippen MR) is 93.7 cm³/mol. The molecule has 5 nitrogen and oxygen atoms in total. The van der Waals surface area contributed by atoms with Gasteiger partial charge in [-0.05, 0) is 35.4 Å². The molecule has 1 N–H and O–H groups in total. The quantitative estimate of drug-likeness (QED) is 0.584. The standard InChI is InChI=1S/C15H13Cl3O5S/c1-22-12-6-2-10(3-7-12)14(15(16,17)18)11-4-8-13(9-5-11)23-24(19,20)21/h2-9,14H,1H3,(H,19,20,21). The van der Waals surface area contributed by atoms with E-state index >= 15 is 0 Å². The van der Waals surface area contributed by atoms with Crippen molar-refractivity contribution in [1.29, 1.82) is 0 Å². The van der Waals surface area contributed by atoms with E-state index in [9.17, 15) is 8.42 Å². The summed E-state index contributed by atoms with van der Waals surface area (Å²) < 4.78 is 38.0. The lowest BCUT2D eigenvalue weighted by Gasteiger charge is -2.25. The lowest BCUT2D eigenvalue weighted by Crippen LogP contribution is -2.18. The summed E-state index contributed by atoms with van der Waals surface area (Å²) in [6, 6.07) is 12.9. The lowest BCUT2D eigenvalue weighted by molar-refractivity contribution is 0.386. The molecular weight excluding hydrogens is 399 g/mol. The van der Waals surface area contributed by atoms with Gasteiger partial charge in [-0.1, -0.05) is 59.1 Å². The molecule has 9 heteroatoms. The Kier molecular flexibility index (Phi) is 5.88. The van der Waals surface area contributed by atoms with E-state index in [0.717, 1.165) is 5.56 Å². The van der Waals surface area contributed by atoms with Crippen LogP contribution in [0.15, 0.2) is 48.5 Å². The zero-order valence-corrected chi connectivity index (χ0v) is 15.4. The highest BCUT2D eigenvalue weighted by atomic mass is 35.6. The molecule has 1 atom stereocenters. The Bertz CT molecular complexity index is 783. The van der Waals surface area contributed by atoms with Gasteiger partial charge in [0.15, 0.2) is 0 Å². The van der Waals surface area contributed by atoms with Crippen molar-refractivity contribution in [3.63, 3.8) is 0 Å². The minimum Gasteiger partial charge on any atom is -0.497 e. The summed E-state index contributed by atoms with van der Waals surface area (Å²) in [6.45, 7) is 0. The van der Waals surface area contributed by atoms with Gasteiger partial charge in [0.1, 0.15) is 11.5 Å². The molecular formula is C15H13Cl3O5S. The monoisotopic (exact) mass is 410 g/mol. The first-order valence-corrected chi connectivity index (χ1v) is 9.07. The van der Waals surface area contributed by atoms with E-state index in [-0.39, 0.29) is 5.75 Å². The highest BCUT2D eigenvalue weighted by molar-refractivity contribution is 7.81. The molecule has 24 heavy (non-hydrogen) atoms. The Morgan fingerprint density at radius 1 is 0.917 bits per heavy atom.